The minimum atomic E-state index is -0.387. The Morgan fingerprint density at radius 2 is 2.19 bits per heavy atom. The van der Waals surface area contributed by atoms with Crippen LogP contribution in [0.25, 0.3) is 0 Å². The minimum absolute atomic E-state index is 0.0877. The van der Waals surface area contributed by atoms with Crippen molar-refractivity contribution in [2.24, 2.45) is 0 Å². The molecule has 0 saturated heterocycles. The van der Waals surface area contributed by atoms with Crippen LogP contribution in [0.2, 0.25) is 5.02 Å². The Labute approximate surface area is 126 Å². The number of hydrogen-bond acceptors (Lipinski definition) is 2. The third kappa shape index (κ3) is 2.42. The number of benzene rings is 1. The SMILES string of the molecule is CC(C)n1ncc2c1NC(=O)CC2c1ccc(F)cc1Cl. The molecule has 0 saturated carbocycles. The average Bonchev–Trinajstić information content (AvgIpc) is 2.81. The maximum atomic E-state index is 13.2. The molecule has 1 aliphatic heterocycles. The highest BCUT2D eigenvalue weighted by Gasteiger charge is 2.31. The standard InChI is InChI=1S/C15H15ClFN3O/c1-8(2)20-15-12(7-18-20)11(6-14(21)19-15)10-4-3-9(17)5-13(10)16/h3-5,7-8,11H,6H2,1-2H3,(H,19,21). The van der Waals surface area contributed by atoms with E-state index in [1.165, 1.54) is 12.1 Å². The number of amides is 1. The Bertz CT molecular complexity index is 711. The molecule has 1 amide bonds. The van der Waals surface area contributed by atoms with Gasteiger partial charge < -0.3 is 5.32 Å². The van der Waals surface area contributed by atoms with E-state index < -0.39 is 0 Å². The van der Waals surface area contributed by atoms with Crippen molar-refractivity contribution in [2.75, 3.05) is 5.32 Å². The van der Waals surface area contributed by atoms with Crippen molar-refractivity contribution >= 4 is 23.3 Å². The fourth-order valence-corrected chi connectivity index (χ4v) is 2.99. The van der Waals surface area contributed by atoms with Crippen molar-refractivity contribution in [3.63, 3.8) is 0 Å². The number of hydrogen-bond donors (Lipinski definition) is 1. The lowest BCUT2D eigenvalue weighted by Gasteiger charge is -2.25. The molecule has 0 radical (unpaired) electrons. The summed E-state index contributed by atoms with van der Waals surface area (Å²) in [4.78, 5) is 12.0. The van der Waals surface area contributed by atoms with Gasteiger partial charge in [-0.1, -0.05) is 17.7 Å². The molecular formula is C15H15ClFN3O. The van der Waals surface area contributed by atoms with E-state index in [0.717, 1.165) is 11.1 Å². The first-order valence-corrected chi connectivity index (χ1v) is 7.17. The smallest absolute Gasteiger partial charge is 0.226 e. The topological polar surface area (TPSA) is 46.9 Å². The number of fused-ring (bicyclic) bond motifs is 1. The second-order valence-corrected chi connectivity index (χ2v) is 5.86. The first-order chi connectivity index (χ1) is 9.97. The third-order valence-electron chi connectivity index (χ3n) is 3.67. The van der Waals surface area contributed by atoms with Gasteiger partial charge in [-0.05, 0) is 31.5 Å². The Hall–Kier alpha value is -1.88. The Morgan fingerprint density at radius 1 is 1.43 bits per heavy atom. The summed E-state index contributed by atoms with van der Waals surface area (Å²) in [7, 11) is 0. The number of anilines is 1. The molecule has 1 aliphatic rings. The second kappa shape index (κ2) is 5.15. The third-order valence-corrected chi connectivity index (χ3v) is 4.00. The summed E-state index contributed by atoms with van der Waals surface area (Å²) < 4.78 is 15.0. The van der Waals surface area contributed by atoms with Crippen molar-refractivity contribution < 1.29 is 9.18 Å². The van der Waals surface area contributed by atoms with E-state index in [1.54, 1.807) is 16.9 Å². The van der Waals surface area contributed by atoms with Crippen molar-refractivity contribution in [3.8, 4) is 0 Å². The molecule has 2 aromatic rings. The fraction of sp³-hybridized carbons (Fsp3) is 0.333. The summed E-state index contributed by atoms with van der Waals surface area (Å²) in [6.07, 6.45) is 2.03. The van der Waals surface area contributed by atoms with Gasteiger partial charge in [0.15, 0.2) is 0 Å². The van der Waals surface area contributed by atoms with Crippen LogP contribution in [0.3, 0.4) is 0 Å². The normalized spacial score (nSPS) is 17.8. The van der Waals surface area contributed by atoms with Crippen LogP contribution in [-0.2, 0) is 4.79 Å². The molecule has 2 heterocycles. The summed E-state index contributed by atoms with van der Waals surface area (Å²) in [6, 6.07) is 4.41. The summed E-state index contributed by atoms with van der Waals surface area (Å²) in [6.45, 7) is 3.99. The molecule has 21 heavy (non-hydrogen) atoms. The summed E-state index contributed by atoms with van der Waals surface area (Å²) in [5.74, 6) is 0.0263. The van der Waals surface area contributed by atoms with Gasteiger partial charge in [0.05, 0.1) is 6.20 Å². The molecule has 1 aromatic heterocycles. The monoisotopic (exact) mass is 307 g/mol. The van der Waals surface area contributed by atoms with E-state index in [1.807, 2.05) is 13.8 Å². The van der Waals surface area contributed by atoms with E-state index in [-0.39, 0.29) is 30.1 Å². The zero-order chi connectivity index (χ0) is 15.1. The molecule has 4 nitrogen and oxygen atoms in total. The summed E-state index contributed by atoms with van der Waals surface area (Å²) in [5.41, 5.74) is 1.66. The van der Waals surface area contributed by atoms with Crippen molar-refractivity contribution in [2.45, 2.75) is 32.2 Å². The Kier molecular flexibility index (Phi) is 3.45. The molecule has 1 unspecified atom stereocenters. The number of halogens is 2. The molecule has 1 atom stereocenters. The average molecular weight is 308 g/mol. The number of carbonyl (C=O) groups is 1. The van der Waals surface area contributed by atoms with Crippen molar-refractivity contribution in [3.05, 3.63) is 46.4 Å². The first-order valence-electron chi connectivity index (χ1n) is 6.79. The van der Waals surface area contributed by atoms with Crippen LogP contribution < -0.4 is 5.32 Å². The lowest BCUT2D eigenvalue weighted by atomic mass is 9.87. The number of carbonyl (C=O) groups excluding carboxylic acids is 1. The molecule has 110 valence electrons. The van der Waals surface area contributed by atoms with Crippen LogP contribution in [0.1, 0.15) is 43.4 Å². The predicted octanol–water partition coefficient (Wildman–Crippen LogP) is 3.73. The maximum Gasteiger partial charge on any atom is 0.226 e. The Balaban J connectivity index is 2.11. The molecule has 0 bridgehead atoms. The largest absolute Gasteiger partial charge is 0.311 e. The molecule has 0 aliphatic carbocycles. The van der Waals surface area contributed by atoms with Crippen LogP contribution in [0.15, 0.2) is 24.4 Å². The molecule has 1 N–H and O–H groups in total. The maximum absolute atomic E-state index is 13.2. The van der Waals surface area contributed by atoms with Crippen LogP contribution in [0.5, 0.6) is 0 Å². The summed E-state index contributed by atoms with van der Waals surface area (Å²) in [5, 5.41) is 7.54. The van der Waals surface area contributed by atoms with E-state index >= 15 is 0 Å². The lowest BCUT2D eigenvalue weighted by Crippen LogP contribution is -2.25. The lowest BCUT2D eigenvalue weighted by molar-refractivity contribution is -0.116. The molecule has 0 spiro atoms. The van der Waals surface area contributed by atoms with E-state index in [4.69, 9.17) is 11.6 Å². The second-order valence-electron chi connectivity index (χ2n) is 5.46. The van der Waals surface area contributed by atoms with Gasteiger partial charge in [0.2, 0.25) is 5.91 Å². The van der Waals surface area contributed by atoms with Gasteiger partial charge in [0.25, 0.3) is 0 Å². The zero-order valence-electron chi connectivity index (χ0n) is 11.7. The molecule has 1 aromatic carbocycles. The van der Waals surface area contributed by atoms with Gasteiger partial charge in [-0.2, -0.15) is 5.10 Å². The minimum Gasteiger partial charge on any atom is -0.311 e. The molecule has 0 fully saturated rings. The molecule has 6 heteroatoms. The predicted molar refractivity (Wildman–Crippen MR) is 79.1 cm³/mol. The van der Waals surface area contributed by atoms with Crippen LogP contribution in [0.4, 0.5) is 10.2 Å². The van der Waals surface area contributed by atoms with Gasteiger partial charge in [-0.3, -0.25) is 4.79 Å². The Morgan fingerprint density at radius 3 is 2.86 bits per heavy atom. The van der Waals surface area contributed by atoms with Crippen LogP contribution in [-0.4, -0.2) is 15.7 Å². The van der Waals surface area contributed by atoms with Crippen LogP contribution in [0, 0.1) is 5.82 Å². The highest BCUT2D eigenvalue weighted by Crippen LogP contribution is 2.40. The number of nitrogens with one attached hydrogen (secondary N) is 1. The number of rotatable bonds is 2. The first kappa shape index (κ1) is 14.1. The van der Waals surface area contributed by atoms with E-state index in [0.29, 0.717) is 10.8 Å². The highest BCUT2D eigenvalue weighted by atomic mass is 35.5. The van der Waals surface area contributed by atoms with Crippen molar-refractivity contribution in [1.29, 1.82) is 0 Å². The van der Waals surface area contributed by atoms with Gasteiger partial charge in [-0.25, -0.2) is 9.07 Å². The van der Waals surface area contributed by atoms with E-state index in [9.17, 15) is 9.18 Å². The summed E-state index contributed by atoms with van der Waals surface area (Å²) >= 11 is 6.15. The van der Waals surface area contributed by atoms with Crippen molar-refractivity contribution in [1.82, 2.24) is 9.78 Å². The van der Waals surface area contributed by atoms with Gasteiger partial charge >= 0.3 is 0 Å². The number of aromatic nitrogens is 2. The fourth-order valence-electron chi connectivity index (χ4n) is 2.69. The quantitative estimate of drug-likeness (QED) is 0.919. The van der Waals surface area contributed by atoms with Gasteiger partial charge in [0, 0.05) is 29.0 Å². The van der Waals surface area contributed by atoms with Crippen LogP contribution >= 0.6 is 11.6 Å². The van der Waals surface area contributed by atoms with Gasteiger partial charge in [-0.15, -0.1) is 0 Å². The van der Waals surface area contributed by atoms with Gasteiger partial charge in [0.1, 0.15) is 11.6 Å². The number of nitrogens with zero attached hydrogens (tertiary/aromatic N) is 2. The zero-order valence-corrected chi connectivity index (χ0v) is 12.5. The molecular weight excluding hydrogens is 293 g/mol. The molecule has 3 rings (SSSR count). The van der Waals surface area contributed by atoms with E-state index in [2.05, 4.69) is 10.4 Å². The highest BCUT2D eigenvalue weighted by molar-refractivity contribution is 6.31.